The Labute approximate surface area is 249 Å². The lowest BCUT2D eigenvalue weighted by molar-refractivity contribution is 0.319. The first-order valence-electron chi connectivity index (χ1n) is 12.1. The normalized spacial score (nSPS) is 11.6. The van der Waals surface area contributed by atoms with E-state index in [1.54, 1.807) is 37.3 Å². The zero-order valence-corrected chi connectivity index (χ0v) is 25.0. The highest BCUT2D eigenvalue weighted by Crippen LogP contribution is 2.48. The number of sulfonamides is 1. The molecule has 0 aliphatic heterocycles. The van der Waals surface area contributed by atoms with Crippen molar-refractivity contribution in [3.8, 4) is 29.4 Å². The van der Waals surface area contributed by atoms with Crippen molar-refractivity contribution in [3.63, 3.8) is 0 Å². The van der Waals surface area contributed by atoms with Gasteiger partial charge in [0.05, 0.1) is 17.7 Å². The van der Waals surface area contributed by atoms with E-state index in [0.717, 1.165) is 47.7 Å². The molecule has 1 N–H and O–H groups in total. The molecule has 4 aromatic rings. The third kappa shape index (κ3) is 7.19. The van der Waals surface area contributed by atoms with E-state index in [1.165, 1.54) is 0 Å². The van der Waals surface area contributed by atoms with Crippen LogP contribution in [0.3, 0.4) is 0 Å². The molecule has 0 unspecified atom stereocenters. The average Bonchev–Trinajstić information content (AvgIpc) is 3.29. The van der Waals surface area contributed by atoms with Crippen LogP contribution in [0.4, 0.5) is 8.78 Å². The van der Waals surface area contributed by atoms with Crippen LogP contribution in [0.2, 0.25) is 0 Å². The van der Waals surface area contributed by atoms with Gasteiger partial charge in [-0.25, -0.2) is 21.8 Å². The van der Waals surface area contributed by atoms with E-state index < -0.39 is 35.5 Å². The number of hydrogen-bond acceptors (Lipinski definition) is 9. The number of rotatable bonds is 12. The number of fused-ring (bicyclic) bond motifs is 1. The van der Waals surface area contributed by atoms with Gasteiger partial charge in [0, 0.05) is 28.1 Å². The number of hydrogen-bond donors (Lipinski definition) is 1. The minimum Gasteiger partial charge on any atom is -0.494 e. The summed E-state index contributed by atoms with van der Waals surface area (Å²) in [6.07, 6.45) is -0.292. The van der Waals surface area contributed by atoms with Gasteiger partial charge < -0.3 is 13.8 Å². The Kier molecular flexibility index (Phi) is 9.72. The molecule has 0 aliphatic rings. The molecule has 4 rings (SSSR count). The van der Waals surface area contributed by atoms with Crippen LogP contribution < -0.4 is 18.5 Å². The highest BCUT2D eigenvalue weighted by atomic mass is 35.5. The van der Waals surface area contributed by atoms with Crippen molar-refractivity contribution < 1.29 is 35.5 Å². The highest BCUT2D eigenvalue weighted by Gasteiger charge is 2.33. The van der Waals surface area contributed by atoms with Crippen LogP contribution in [-0.4, -0.2) is 27.2 Å². The van der Waals surface area contributed by atoms with Crippen molar-refractivity contribution in [3.05, 3.63) is 82.9 Å². The average molecular weight is 652 g/mol. The molecule has 15 heteroatoms. The molecule has 1 heterocycles. The standard InChI is InChI=1S/C27H21ClF2N3O6PS2/c1-17-23-11-20(37-10-2-9-28)7-8-26(23)41-27(17)42(35,36)33-16-40(34,38-21-5-3-18(14-31)24(29)12-21)39-22-6-4-19(15-32)25(30)13-22/h3-8,11-13,33H,2,9-10,16H2,1H3. The lowest BCUT2D eigenvalue weighted by Gasteiger charge is -2.20. The minimum atomic E-state index is -4.56. The Bertz CT molecular complexity index is 1820. The maximum atomic E-state index is 14.2. The molecule has 3 aromatic carbocycles. The fourth-order valence-corrected chi connectivity index (χ4v) is 8.60. The SMILES string of the molecule is Cc1c(S(=O)(=O)NCP(=O)(Oc2ccc(C#N)c(F)c2)Oc2ccc(C#N)c(F)c2)sc2ccc(OCCCCl)cc12. The predicted octanol–water partition coefficient (Wildman–Crippen LogP) is 6.83. The number of nitrogens with zero attached hydrogens (tertiary/aromatic N) is 2. The fourth-order valence-electron chi connectivity index (χ4n) is 3.69. The Morgan fingerprint density at radius 3 is 2.05 bits per heavy atom. The first kappa shape index (κ1) is 31.2. The van der Waals surface area contributed by atoms with Crippen LogP contribution in [-0.2, 0) is 14.6 Å². The van der Waals surface area contributed by atoms with Crippen LogP contribution in [0.1, 0.15) is 23.1 Å². The van der Waals surface area contributed by atoms with Crippen LogP contribution in [0.5, 0.6) is 17.2 Å². The number of nitrogens with one attached hydrogen (secondary N) is 1. The van der Waals surface area contributed by atoms with Crippen molar-refractivity contribution >= 4 is 50.6 Å². The van der Waals surface area contributed by atoms with Gasteiger partial charge in [0.15, 0.2) is 0 Å². The first-order valence-corrected chi connectivity index (χ1v) is 16.6. The zero-order valence-electron chi connectivity index (χ0n) is 21.8. The summed E-state index contributed by atoms with van der Waals surface area (Å²) in [4.78, 5) is 0. The summed E-state index contributed by atoms with van der Waals surface area (Å²) >= 11 is 6.67. The van der Waals surface area contributed by atoms with Gasteiger partial charge in [0.25, 0.3) is 10.0 Å². The van der Waals surface area contributed by atoms with E-state index in [2.05, 4.69) is 4.72 Å². The van der Waals surface area contributed by atoms with Gasteiger partial charge in [0.1, 0.15) is 51.5 Å². The lowest BCUT2D eigenvalue weighted by Crippen LogP contribution is -2.27. The molecule has 0 amide bonds. The van der Waals surface area contributed by atoms with Crippen molar-refractivity contribution in [1.29, 1.82) is 10.5 Å². The highest BCUT2D eigenvalue weighted by molar-refractivity contribution is 7.92. The van der Waals surface area contributed by atoms with Gasteiger partial charge in [-0.05, 0) is 61.4 Å². The Morgan fingerprint density at radius 2 is 1.52 bits per heavy atom. The topological polar surface area (TPSA) is 139 Å². The third-order valence-electron chi connectivity index (χ3n) is 5.71. The number of nitriles is 2. The molecule has 218 valence electrons. The number of ether oxygens (including phenoxy) is 1. The van der Waals surface area contributed by atoms with Gasteiger partial charge in [-0.2, -0.15) is 15.2 Å². The van der Waals surface area contributed by atoms with Crippen molar-refractivity contribution in [2.45, 2.75) is 17.6 Å². The van der Waals surface area contributed by atoms with Gasteiger partial charge in [0.2, 0.25) is 0 Å². The Balaban J connectivity index is 1.63. The molecule has 1 aromatic heterocycles. The van der Waals surface area contributed by atoms with Crippen molar-refractivity contribution in [2.75, 3.05) is 18.8 Å². The van der Waals surface area contributed by atoms with Gasteiger partial charge in [-0.1, -0.05) is 0 Å². The first-order chi connectivity index (χ1) is 20.0. The van der Waals surface area contributed by atoms with Crippen LogP contribution in [0.25, 0.3) is 10.1 Å². The molecule has 0 saturated carbocycles. The maximum absolute atomic E-state index is 14.2. The number of aryl methyl sites for hydroxylation is 1. The molecule has 0 saturated heterocycles. The van der Waals surface area contributed by atoms with Crippen LogP contribution in [0, 0.1) is 41.2 Å². The van der Waals surface area contributed by atoms with E-state index in [4.69, 9.17) is 35.9 Å². The predicted molar refractivity (Wildman–Crippen MR) is 154 cm³/mol. The van der Waals surface area contributed by atoms with E-state index in [9.17, 15) is 21.8 Å². The third-order valence-corrected chi connectivity index (χ3v) is 11.0. The molecule has 0 atom stereocenters. The molecular formula is C27H21ClF2N3O6PS2. The number of benzene rings is 3. The van der Waals surface area contributed by atoms with Crippen molar-refractivity contribution in [1.82, 2.24) is 4.72 Å². The largest absolute Gasteiger partial charge is 0.494 e. The molecule has 42 heavy (non-hydrogen) atoms. The van der Waals surface area contributed by atoms with Crippen LogP contribution >= 0.6 is 30.5 Å². The second-order valence-electron chi connectivity index (χ2n) is 8.67. The summed E-state index contributed by atoms with van der Waals surface area (Å²) in [6, 6.07) is 14.4. The number of thiophene rings is 1. The summed E-state index contributed by atoms with van der Waals surface area (Å²) in [5.41, 5.74) is -0.188. The molecule has 0 spiro atoms. The summed E-state index contributed by atoms with van der Waals surface area (Å²) in [7, 11) is -8.85. The second-order valence-corrected chi connectivity index (χ2v) is 14.0. The molecular weight excluding hydrogens is 631 g/mol. The molecule has 0 bridgehead atoms. The molecule has 9 nitrogen and oxygen atoms in total. The Morgan fingerprint density at radius 1 is 0.952 bits per heavy atom. The smallest absolute Gasteiger partial charge is 0.445 e. The fraction of sp³-hybridized carbons (Fsp3) is 0.185. The second kappa shape index (κ2) is 13.1. The van der Waals surface area contributed by atoms with E-state index in [1.807, 2.05) is 0 Å². The zero-order chi connectivity index (χ0) is 30.5. The lowest BCUT2D eigenvalue weighted by atomic mass is 10.2. The summed E-state index contributed by atoms with van der Waals surface area (Å²) in [5, 5.41) is 18.6. The van der Waals surface area contributed by atoms with Crippen LogP contribution in [0.15, 0.2) is 58.8 Å². The molecule has 0 fully saturated rings. The van der Waals surface area contributed by atoms with E-state index >= 15 is 0 Å². The molecule has 0 aliphatic carbocycles. The van der Waals surface area contributed by atoms with Gasteiger partial charge >= 0.3 is 7.60 Å². The van der Waals surface area contributed by atoms with Gasteiger partial charge in [-0.3, -0.25) is 0 Å². The summed E-state index contributed by atoms with van der Waals surface area (Å²) < 4.78 is 88.3. The maximum Gasteiger partial charge on any atom is 0.445 e. The number of halogens is 3. The Hall–Kier alpha value is -3.71. The van der Waals surface area contributed by atoms with E-state index in [-0.39, 0.29) is 26.8 Å². The number of alkyl halides is 1. The minimum absolute atomic E-state index is 0.0595. The quantitative estimate of drug-likeness (QED) is 0.1000. The molecule has 0 radical (unpaired) electrons. The monoisotopic (exact) mass is 651 g/mol. The van der Waals surface area contributed by atoms with E-state index in [0.29, 0.717) is 40.3 Å². The van der Waals surface area contributed by atoms with Crippen molar-refractivity contribution in [2.24, 2.45) is 0 Å². The summed E-state index contributed by atoms with van der Waals surface area (Å²) in [6.45, 7) is 2.01. The summed E-state index contributed by atoms with van der Waals surface area (Å²) in [5.74, 6) is -1.63. The van der Waals surface area contributed by atoms with Gasteiger partial charge in [-0.15, -0.1) is 22.9 Å².